The second-order valence-electron chi connectivity index (χ2n) is 10.1. The van der Waals surface area contributed by atoms with Crippen molar-refractivity contribution >= 4 is 11.4 Å². The normalized spacial score (nSPS) is 14.2. The Morgan fingerprint density at radius 2 is 1.77 bits per heavy atom. The molecule has 0 spiro atoms. The largest absolute Gasteiger partial charge is 0.456 e. The van der Waals surface area contributed by atoms with Crippen LogP contribution in [-0.4, -0.2) is 40.8 Å². The number of pyridine rings is 2. The van der Waals surface area contributed by atoms with Gasteiger partial charge in [0.15, 0.2) is 0 Å². The van der Waals surface area contributed by atoms with Gasteiger partial charge in [-0.05, 0) is 60.2 Å². The van der Waals surface area contributed by atoms with Crippen LogP contribution in [0, 0.1) is 0 Å². The van der Waals surface area contributed by atoms with Crippen molar-refractivity contribution in [1.82, 2.24) is 14.5 Å². The number of ether oxygens (including phenoxy) is 2. The lowest BCUT2D eigenvalue weighted by Crippen LogP contribution is -2.36. The Hall–Kier alpha value is -4.82. The van der Waals surface area contributed by atoms with E-state index in [0.717, 1.165) is 76.1 Å². The van der Waals surface area contributed by atoms with Crippen LogP contribution in [-0.2, 0) is 17.7 Å². The van der Waals surface area contributed by atoms with Gasteiger partial charge in [0.2, 0.25) is 5.56 Å². The minimum Gasteiger partial charge on any atom is -0.456 e. The van der Waals surface area contributed by atoms with Crippen molar-refractivity contribution in [3.63, 3.8) is 0 Å². The Morgan fingerprint density at radius 3 is 2.65 bits per heavy atom. The lowest BCUT2D eigenvalue weighted by atomic mass is 9.96. The zero-order valence-electron chi connectivity index (χ0n) is 22.0. The molecule has 0 radical (unpaired) electrons. The summed E-state index contributed by atoms with van der Waals surface area (Å²) in [5.41, 5.74) is 7.66. The number of H-pyrrole nitrogens is 1. The number of aromatic amines is 1. The summed E-state index contributed by atoms with van der Waals surface area (Å²) in [6, 6.07) is 24.1. The maximum absolute atomic E-state index is 12.6. The number of anilines is 2. The number of rotatable bonds is 6. The van der Waals surface area contributed by atoms with Crippen molar-refractivity contribution in [2.24, 2.45) is 0 Å². The number of benzene rings is 2. The third-order valence-electron chi connectivity index (χ3n) is 7.42. The number of aromatic nitrogens is 3. The number of hydrogen-bond acceptors (Lipinski definition) is 6. The smallest absolute Gasteiger partial charge is 0.250 e. The van der Waals surface area contributed by atoms with Crippen LogP contribution in [0.3, 0.4) is 0 Å². The lowest BCUT2D eigenvalue weighted by molar-refractivity contribution is 0.122. The summed E-state index contributed by atoms with van der Waals surface area (Å²) >= 11 is 0. The van der Waals surface area contributed by atoms with E-state index in [1.54, 1.807) is 6.07 Å². The summed E-state index contributed by atoms with van der Waals surface area (Å²) in [4.78, 5) is 22.3. The van der Waals surface area contributed by atoms with Gasteiger partial charge in [0.1, 0.15) is 11.5 Å². The van der Waals surface area contributed by atoms with E-state index in [1.165, 1.54) is 0 Å². The minimum atomic E-state index is -0.128. The molecule has 0 atom stereocenters. The van der Waals surface area contributed by atoms with Crippen molar-refractivity contribution in [1.29, 1.82) is 0 Å². The fourth-order valence-electron chi connectivity index (χ4n) is 5.40. The van der Waals surface area contributed by atoms with Crippen molar-refractivity contribution in [2.45, 2.75) is 13.0 Å². The summed E-state index contributed by atoms with van der Waals surface area (Å²) in [6.07, 6.45) is 6.63. The molecule has 2 aromatic carbocycles. The molecule has 2 aliphatic heterocycles. The van der Waals surface area contributed by atoms with E-state index in [-0.39, 0.29) is 5.56 Å². The van der Waals surface area contributed by atoms with Gasteiger partial charge in [-0.3, -0.25) is 9.78 Å². The number of nitrogens with zero attached hydrogens (tertiary/aromatic N) is 3. The molecule has 40 heavy (non-hydrogen) atoms. The average molecular weight is 532 g/mol. The monoisotopic (exact) mass is 531 g/mol. The first kappa shape index (κ1) is 24.2. The minimum absolute atomic E-state index is 0.128. The molecule has 2 N–H and O–H groups in total. The summed E-state index contributed by atoms with van der Waals surface area (Å²) in [5.74, 6) is 1.61. The summed E-state index contributed by atoms with van der Waals surface area (Å²) in [7, 11) is 0. The van der Waals surface area contributed by atoms with Crippen LogP contribution < -0.4 is 20.5 Å². The van der Waals surface area contributed by atoms with Gasteiger partial charge in [-0.25, -0.2) is 0 Å². The van der Waals surface area contributed by atoms with Gasteiger partial charge in [-0.1, -0.05) is 12.1 Å². The van der Waals surface area contributed by atoms with E-state index in [4.69, 9.17) is 9.47 Å². The maximum Gasteiger partial charge on any atom is 0.250 e. The number of fused-ring (bicyclic) bond motifs is 2. The van der Waals surface area contributed by atoms with Crippen LogP contribution in [0.4, 0.5) is 11.4 Å². The molecular formula is C32H29N5O3. The number of nitrogens with one attached hydrogen (secondary N) is 2. The van der Waals surface area contributed by atoms with Crippen molar-refractivity contribution < 1.29 is 9.47 Å². The molecule has 8 nitrogen and oxygen atoms in total. The maximum atomic E-state index is 12.6. The molecule has 0 amide bonds. The quantitative estimate of drug-likeness (QED) is 0.301. The fraction of sp³-hybridized carbons (Fsp3) is 0.188. The molecule has 0 bridgehead atoms. The first-order valence-electron chi connectivity index (χ1n) is 13.5. The topological polar surface area (TPSA) is 84.4 Å². The fourth-order valence-corrected chi connectivity index (χ4v) is 5.40. The molecule has 1 fully saturated rings. The molecule has 5 heterocycles. The van der Waals surface area contributed by atoms with E-state index < -0.39 is 0 Å². The average Bonchev–Trinajstić information content (AvgIpc) is 3.54. The highest BCUT2D eigenvalue weighted by atomic mass is 16.5. The molecule has 3 aromatic heterocycles. The van der Waals surface area contributed by atoms with Gasteiger partial charge in [-0.15, -0.1) is 0 Å². The molecule has 5 aromatic rings. The SMILES string of the molecule is O=c1cc(N2CCOCC2)cc(-c2cccc3c2Oc2ccc(NCc4cc(-n5cccc5)ccn4)cc2C3)[nH]1. The molecule has 200 valence electrons. The van der Waals surface area contributed by atoms with Crippen LogP contribution in [0.15, 0.2) is 96.2 Å². The van der Waals surface area contributed by atoms with Gasteiger partial charge >= 0.3 is 0 Å². The molecule has 2 aliphatic rings. The van der Waals surface area contributed by atoms with Gasteiger partial charge in [0.05, 0.1) is 31.1 Å². The zero-order valence-corrected chi connectivity index (χ0v) is 22.0. The van der Waals surface area contributed by atoms with Crippen molar-refractivity contribution in [3.8, 4) is 28.4 Å². The van der Waals surface area contributed by atoms with Crippen LogP contribution >= 0.6 is 0 Å². The highest BCUT2D eigenvalue weighted by Crippen LogP contribution is 2.43. The molecule has 1 saturated heterocycles. The van der Waals surface area contributed by atoms with Gasteiger partial charge < -0.3 is 29.2 Å². The Bertz CT molecular complexity index is 1720. The van der Waals surface area contributed by atoms with Gasteiger partial charge in [-0.2, -0.15) is 0 Å². The molecule has 8 heteroatoms. The number of para-hydroxylation sites is 1. The third-order valence-corrected chi connectivity index (χ3v) is 7.42. The van der Waals surface area contributed by atoms with Crippen LogP contribution in [0.1, 0.15) is 16.8 Å². The van der Waals surface area contributed by atoms with Gasteiger partial charge in [0.25, 0.3) is 0 Å². The Kier molecular flexibility index (Phi) is 6.30. The second-order valence-corrected chi connectivity index (χ2v) is 10.1. The molecule has 0 aliphatic carbocycles. The standard InChI is InChI=1S/C32H29N5O3/c38-31-20-27(37-12-14-39-15-13-37)19-29(35-31)28-5-3-4-22-16-23-17-24(6-7-30(23)40-32(22)28)34-21-25-18-26(8-9-33-25)36-10-1-2-11-36/h1-11,17-20,34H,12-16,21H2,(H,35,38). The van der Waals surface area contributed by atoms with Crippen LogP contribution in [0.5, 0.6) is 11.5 Å². The van der Waals surface area contributed by atoms with Gasteiger partial charge in [0, 0.05) is 72.4 Å². The molecule has 7 rings (SSSR count). The van der Waals surface area contributed by atoms with Crippen molar-refractivity contribution in [3.05, 3.63) is 119 Å². The summed E-state index contributed by atoms with van der Waals surface area (Å²) < 4.78 is 14.0. The number of morpholine rings is 1. The Labute approximate surface area is 231 Å². The molecule has 0 saturated carbocycles. The predicted octanol–water partition coefficient (Wildman–Crippen LogP) is 5.37. The Morgan fingerprint density at radius 1 is 0.900 bits per heavy atom. The van der Waals surface area contributed by atoms with E-state index >= 15 is 0 Å². The van der Waals surface area contributed by atoms with E-state index in [9.17, 15) is 4.79 Å². The first-order chi connectivity index (χ1) is 19.7. The molecule has 0 unspecified atom stereocenters. The highest BCUT2D eigenvalue weighted by molar-refractivity contribution is 5.74. The van der Waals surface area contributed by atoms with E-state index in [2.05, 4.69) is 43.0 Å². The van der Waals surface area contributed by atoms with E-state index in [1.807, 2.05) is 67.1 Å². The highest BCUT2D eigenvalue weighted by Gasteiger charge is 2.22. The molecular weight excluding hydrogens is 502 g/mol. The van der Waals surface area contributed by atoms with Crippen molar-refractivity contribution in [2.75, 3.05) is 36.5 Å². The van der Waals surface area contributed by atoms with E-state index in [0.29, 0.717) is 19.8 Å². The first-order valence-corrected chi connectivity index (χ1v) is 13.5. The predicted molar refractivity (Wildman–Crippen MR) is 156 cm³/mol. The number of hydrogen-bond donors (Lipinski definition) is 2. The van der Waals surface area contributed by atoms with Crippen LogP contribution in [0.2, 0.25) is 0 Å². The summed E-state index contributed by atoms with van der Waals surface area (Å²) in [5, 5.41) is 3.51. The lowest BCUT2D eigenvalue weighted by Gasteiger charge is -2.29. The third kappa shape index (κ3) is 4.85. The van der Waals surface area contributed by atoms with Crippen LogP contribution in [0.25, 0.3) is 16.9 Å². The summed E-state index contributed by atoms with van der Waals surface area (Å²) in [6.45, 7) is 3.48. The zero-order chi connectivity index (χ0) is 26.9. The second kappa shape index (κ2) is 10.4. The Balaban J connectivity index is 1.11.